The van der Waals surface area contributed by atoms with Gasteiger partial charge in [-0.05, 0) is 65.6 Å². The van der Waals surface area contributed by atoms with Gasteiger partial charge in [-0.3, -0.25) is 4.79 Å². The van der Waals surface area contributed by atoms with Crippen LogP contribution in [0.4, 0.5) is 14.6 Å². The van der Waals surface area contributed by atoms with Crippen LogP contribution in [0.25, 0.3) is 28.1 Å². The van der Waals surface area contributed by atoms with E-state index in [-0.39, 0.29) is 32.9 Å². The lowest BCUT2D eigenvalue weighted by Crippen LogP contribution is -2.24. The van der Waals surface area contributed by atoms with Gasteiger partial charge in [0.2, 0.25) is 5.95 Å². The van der Waals surface area contributed by atoms with E-state index in [9.17, 15) is 9.18 Å². The van der Waals surface area contributed by atoms with E-state index in [4.69, 9.17) is 17.3 Å². The van der Waals surface area contributed by atoms with Gasteiger partial charge < -0.3 is 15.3 Å². The van der Waals surface area contributed by atoms with Gasteiger partial charge in [-0.25, -0.2) is 14.4 Å². The van der Waals surface area contributed by atoms with Crippen molar-refractivity contribution in [2.45, 2.75) is 30.7 Å². The number of pyridine rings is 2. The minimum Gasteiger partial charge on any atom is -0.384 e. The smallest absolute Gasteiger partial charge is 0.252 e. The molecule has 190 valence electrons. The molecule has 2 aliphatic rings. The zero-order valence-corrected chi connectivity index (χ0v) is 20.3. The van der Waals surface area contributed by atoms with Gasteiger partial charge in [-0.1, -0.05) is 11.6 Å². The number of aromatic amines is 1. The summed E-state index contributed by atoms with van der Waals surface area (Å²) < 4.78 is 32.8. The van der Waals surface area contributed by atoms with E-state index in [1.807, 2.05) is 6.07 Å². The lowest BCUT2D eigenvalue weighted by Gasteiger charge is -2.16. The molecule has 1 saturated carbocycles. The first-order valence-electron chi connectivity index (χ1n) is 11.8. The molecule has 1 atom stereocenters. The molecule has 0 saturated heterocycles. The monoisotopic (exact) mass is 533 g/mol. The molecule has 0 bridgehead atoms. The zero-order valence-electron chi connectivity index (χ0n) is 19.6. The van der Waals surface area contributed by atoms with Crippen LogP contribution in [-0.4, -0.2) is 39.7 Å². The fourth-order valence-electron chi connectivity index (χ4n) is 5.42. The Morgan fingerprint density at radius 1 is 1.16 bits per heavy atom. The Morgan fingerprint density at radius 2 is 2.00 bits per heavy atom. The lowest BCUT2D eigenvalue weighted by molar-refractivity contribution is 0.542. The number of imidazole rings is 1. The van der Waals surface area contributed by atoms with E-state index >= 15 is 4.39 Å². The van der Waals surface area contributed by atoms with Crippen molar-refractivity contribution in [2.75, 3.05) is 5.73 Å². The topological polar surface area (TPSA) is 133 Å². The molecule has 1 aliphatic heterocycles. The SMILES string of the molecule is Nc1ccc(-c2cnc([C@H]3CC4(CC4)c4cc(-c5c(-n6cnnn6)ccc(Cl)c5F)cc(=O)n43)[nH]2)c(F)n1. The average Bonchev–Trinajstić information content (AvgIpc) is 3.24. The first-order chi connectivity index (χ1) is 18.3. The molecule has 0 radical (unpaired) electrons. The van der Waals surface area contributed by atoms with E-state index in [0.29, 0.717) is 29.2 Å². The Kier molecular flexibility index (Phi) is 4.80. The number of hydrogen-bond donors (Lipinski definition) is 2. The number of rotatable bonds is 4. The van der Waals surface area contributed by atoms with Crippen LogP contribution in [0.2, 0.25) is 5.02 Å². The van der Waals surface area contributed by atoms with Gasteiger partial charge in [0.05, 0.1) is 34.2 Å². The normalized spacial score (nSPS) is 17.2. The summed E-state index contributed by atoms with van der Waals surface area (Å²) in [4.78, 5) is 24.9. The number of tetrazole rings is 1. The molecule has 1 aromatic carbocycles. The molecule has 5 aromatic rings. The largest absolute Gasteiger partial charge is 0.384 e. The van der Waals surface area contributed by atoms with Crippen molar-refractivity contribution in [3.05, 3.63) is 87.6 Å². The molecule has 3 N–H and O–H groups in total. The second-order valence-electron chi connectivity index (χ2n) is 9.60. The Balaban J connectivity index is 1.35. The third kappa shape index (κ3) is 3.36. The molecule has 0 amide bonds. The van der Waals surface area contributed by atoms with E-state index in [1.165, 1.54) is 41.5 Å². The van der Waals surface area contributed by atoms with Crippen LogP contribution in [0.3, 0.4) is 0 Å². The number of nitrogens with two attached hydrogens (primary N) is 1. The first-order valence-corrected chi connectivity index (χ1v) is 12.2. The Bertz CT molecular complexity index is 1790. The Labute approximate surface area is 218 Å². The molecule has 7 rings (SSSR count). The summed E-state index contributed by atoms with van der Waals surface area (Å²) in [5.41, 5.74) is 7.35. The molecule has 0 unspecified atom stereocenters. The van der Waals surface area contributed by atoms with Crippen LogP contribution in [0.15, 0.2) is 53.7 Å². The molecule has 1 aliphatic carbocycles. The third-order valence-corrected chi connectivity index (χ3v) is 7.68. The molecule has 5 heterocycles. The minimum absolute atomic E-state index is 0.0770. The number of nitrogen functional groups attached to an aromatic ring is 1. The Hall–Kier alpha value is -4.45. The standard InChI is InChI=1S/C25H18ClF2N9O/c26-14-2-3-16(36-11-31-34-35-36)21(22(14)27)12-7-18-25(5-6-25)9-17(37(18)20(38)8-12)24-30-10-15(32-24)13-1-4-19(29)33-23(13)28/h1-4,7-8,10-11,17H,5-6,9H2,(H2,29,33)(H,30,32)/t17-/m1/s1. The number of halogens is 3. The number of anilines is 1. The van der Waals surface area contributed by atoms with Crippen LogP contribution in [0, 0.1) is 11.8 Å². The molecule has 13 heteroatoms. The van der Waals surface area contributed by atoms with E-state index < -0.39 is 17.8 Å². The van der Waals surface area contributed by atoms with Crippen molar-refractivity contribution in [2.24, 2.45) is 0 Å². The highest BCUT2D eigenvalue weighted by molar-refractivity contribution is 6.31. The highest BCUT2D eigenvalue weighted by atomic mass is 35.5. The summed E-state index contributed by atoms with van der Waals surface area (Å²) in [6, 6.07) is 8.89. The van der Waals surface area contributed by atoms with Crippen LogP contribution in [0.1, 0.15) is 36.8 Å². The van der Waals surface area contributed by atoms with Crippen molar-refractivity contribution < 1.29 is 8.78 Å². The van der Waals surface area contributed by atoms with Gasteiger partial charge >= 0.3 is 0 Å². The molecule has 1 spiro atoms. The second-order valence-corrected chi connectivity index (χ2v) is 10.0. The maximum absolute atomic E-state index is 15.4. The van der Waals surface area contributed by atoms with E-state index in [0.717, 1.165) is 18.5 Å². The van der Waals surface area contributed by atoms with Crippen molar-refractivity contribution >= 4 is 17.4 Å². The summed E-state index contributed by atoms with van der Waals surface area (Å²) in [5, 5.41) is 11.1. The van der Waals surface area contributed by atoms with Gasteiger partial charge in [0.25, 0.3) is 5.56 Å². The summed E-state index contributed by atoms with van der Waals surface area (Å²) >= 11 is 6.13. The van der Waals surface area contributed by atoms with Gasteiger partial charge in [-0.15, -0.1) is 5.10 Å². The van der Waals surface area contributed by atoms with Gasteiger partial charge in [-0.2, -0.15) is 9.07 Å². The fraction of sp³-hybridized carbons (Fsp3) is 0.200. The van der Waals surface area contributed by atoms with Crippen molar-refractivity contribution in [3.8, 4) is 28.1 Å². The first kappa shape index (κ1) is 22.7. The predicted octanol–water partition coefficient (Wildman–Crippen LogP) is 3.81. The van der Waals surface area contributed by atoms with Gasteiger partial charge in [0.1, 0.15) is 18.0 Å². The summed E-state index contributed by atoms with van der Waals surface area (Å²) in [6.45, 7) is 0. The van der Waals surface area contributed by atoms with Gasteiger partial charge in [0.15, 0.2) is 5.82 Å². The summed E-state index contributed by atoms with van der Waals surface area (Å²) in [7, 11) is 0. The van der Waals surface area contributed by atoms with Crippen LogP contribution in [-0.2, 0) is 5.41 Å². The van der Waals surface area contributed by atoms with Crippen LogP contribution in [0.5, 0.6) is 0 Å². The summed E-state index contributed by atoms with van der Waals surface area (Å²) in [6.07, 6.45) is 5.27. The van der Waals surface area contributed by atoms with E-state index in [1.54, 1.807) is 10.6 Å². The number of fused-ring (bicyclic) bond motifs is 2. The Morgan fingerprint density at radius 3 is 2.74 bits per heavy atom. The quantitative estimate of drug-likeness (QED) is 0.335. The lowest BCUT2D eigenvalue weighted by atomic mass is 9.95. The third-order valence-electron chi connectivity index (χ3n) is 7.39. The number of nitrogens with one attached hydrogen (secondary N) is 1. The van der Waals surface area contributed by atoms with Crippen LogP contribution < -0.4 is 11.3 Å². The van der Waals surface area contributed by atoms with E-state index in [2.05, 4.69) is 30.5 Å². The fourth-order valence-corrected chi connectivity index (χ4v) is 5.58. The maximum atomic E-state index is 15.4. The molecule has 4 aromatic heterocycles. The number of hydrogen-bond acceptors (Lipinski definition) is 7. The molecule has 1 fully saturated rings. The number of aromatic nitrogens is 8. The molecular weight excluding hydrogens is 516 g/mol. The average molecular weight is 534 g/mol. The van der Waals surface area contributed by atoms with Gasteiger partial charge in [0, 0.05) is 22.7 Å². The molecular formula is C25H18ClF2N9O. The molecule has 10 nitrogen and oxygen atoms in total. The maximum Gasteiger partial charge on any atom is 0.252 e. The highest BCUT2D eigenvalue weighted by Gasteiger charge is 2.54. The zero-order chi connectivity index (χ0) is 26.2. The summed E-state index contributed by atoms with van der Waals surface area (Å²) in [5.74, 6) is -0.778. The second kappa shape index (κ2) is 8.02. The molecule has 38 heavy (non-hydrogen) atoms. The van der Waals surface area contributed by atoms with Crippen molar-refractivity contribution in [1.82, 2.24) is 39.7 Å². The number of H-pyrrole nitrogens is 1. The number of benzene rings is 1. The van der Waals surface area contributed by atoms with Crippen LogP contribution >= 0.6 is 11.6 Å². The highest BCUT2D eigenvalue weighted by Crippen LogP contribution is 2.58. The van der Waals surface area contributed by atoms with Crippen molar-refractivity contribution in [1.29, 1.82) is 0 Å². The number of nitrogens with zero attached hydrogens (tertiary/aromatic N) is 7. The predicted molar refractivity (Wildman–Crippen MR) is 134 cm³/mol. The van der Waals surface area contributed by atoms with Crippen molar-refractivity contribution in [3.63, 3.8) is 0 Å². The minimum atomic E-state index is -0.713.